The number of hydrogen-bond donors (Lipinski definition) is 4. The Balaban J connectivity index is 0.000000237. The second-order valence-corrected chi connectivity index (χ2v) is 7.26. The number of rotatable bonds is 4. The molecule has 0 spiro atoms. The van der Waals surface area contributed by atoms with E-state index in [-0.39, 0.29) is 22.2 Å². The second kappa shape index (κ2) is 8.82. The lowest BCUT2D eigenvalue weighted by molar-refractivity contribution is 0.0997. The van der Waals surface area contributed by atoms with Crippen LogP contribution in [0.3, 0.4) is 0 Å². The molecule has 0 unspecified atom stereocenters. The summed E-state index contributed by atoms with van der Waals surface area (Å²) in [6.45, 7) is 1.75. The van der Waals surface area contributed by atoms with Crippen molar-refractivity contribution in [2.24, 2.45) is 5.73 Å². The molecule has 6 N–H and O–H groups in total. The van der Waals surface area contributed by atoms with Gasteiger partial charge in [0.15, 0.2) is 0 Å². The molecule has 0 saturated carbocycles. The lowest BCUT2D eigenvalue weighted by atomic mass is 10.2. The van der Waals surface area contributed by atoms with Crippen LogP contribution in [0.15, 0.2) is 65.7 Å². The molecule has 28 heavy (non-hydrogen) atoms. The number of amides is 1. The second-order valence-electron chi connectivity index (χ2n) is 5.58. The number of nitrogens with one attached hydrogen (secondary N) is 1. The number of aryl methyl sites for hydroxylation is 1. The van der Waals surface area contributed by atoms with Gasteiger partial charge in [0.1, 0.15) is 5.75 Å². The first-order valence-electron chi connectivity index (χ1n) is 7.95. The SMILES string of the molecule is Cc1ccnc(NS(=O)(=O)c2ccc(N)cc2)n1.NC(=O)c1ccccc1O. The summed E-state index contributed by atoms with van der Waals surface area (Å²) in [5, 5.41) is 8.98. The molecule has 0 radical (unpaired) electrons. The Hall–Kier alpha value is -3.66. The maximum absolute atomic E-state index is 12.0. The predicted molar refractivity (Wildman–Crippen MR) is 105 cm³/mol. The number of phenols is 1. The molecule has 1 aromatic heterocycles. The van der Waals surface area contributed by atoms with Crippen molar-refractivity contribution in [3.05, 3.63) is 72.1 Å². The van der Waals surface area contributed by atoms with Gasteiger partial charge in [-0.2, -0.15) is 0 Å². The van der Waals surface area contributed by atoms with Gasteiger partial charge in [-0.05, 0) is 49.4 Å². The molecule has 0 aliphatic heterocycles. The van der Waals surface area contributed by atoms with Gasteiger partial charge in [0.25, 0.3) is 15.9 Å². The molecule has 10 heteroatoms. The Morgan fingerprint density at radius 3 is 2.25 bits per heavy atom. The van der Waals surface area contributed by atoms with Crippen molar-refractivity contribution in [1.29, 1.82) is 0 Å². The molecule has 2 aromatic carbocycles. The zero-order valence-corrected chi connectivity index (χ0v) is 15.7. The van der Waals surface area contributed by atoms with Gasteiger partial charge < -0.3 is 16.6 Å². The van der Waals surface area contributed by atoms with E-state index in [9.17, 15) is 13.2 Å². The predicted octanol–water partition coefficient (Wildman–Crippen LogP) is 1.66. The Labute approximate surface area is 162 Å². The number of benzene rings is 2. The molecule has 0 aliphatic rings. The number of anilines is 2. The number of sulfonamides is 1. The minimum Gasteiger partial charge on any atom is -0.507 e. The van der Waals surface area contributed by atoms with E-state index >= 15 is 0 Å². The van der Waals surface area contributed by atoms with Crippen LogP contribution in [0.25, 0.3) is 0 Å². The number of nitrogens with zero attached hydrogens (tertiary/aromatic N) is 2. The monoisotopic (exact) mass is 401 g/mol. The average molecular weight is 401 g/mol. The Morgan fingerprint density at radius 1 is 1.07 bits per heavy atom. The van der Waals surface area contributed by atoms with E-state index in [1.807, 2.05) is 0 Å². The zero-order valence-electron chi connectivity index (χ0n) is 14.9. The van der Waals surface area contributed by atoms with Gasteiger partial charge in [-0.1, -0.05) is 12.1 Å². The average Bonchev–Trinajstić information content (AvgIpc) is 2.62. The van der Waals surface area contributed by atoms with Crippen molar-refractivity contribution in [2.75, 3.05) is 10.5 Å². The molecular formula is C18H19N5O4S. The Morgan fingerprint density at radius 2 is 1.71 bits per heavy atom. The molecule has 3 aromatic rings. The smallest absolute Gasteiger partial charge is 0.264 e. The largest absolute Gasteiger partial charge is 0.507 e. The number of carbonyl (C=O) groups excluding carboxylic acids is 1. The third-order valence-electron chi connectivity index (χ3n) is 3.38. The summed E-state index contributed by atoms with van der Waals surface area (Å²) in [7, 11) is -3.68. The number of nitrogen functional groups attached to an aromatic ring is 1. The highest BCUT2D eigenvalue weighted by Gasteiger charge is 2.15. The van der Waals surface area contributed by atoms with E-state index in [1.54, 1.807) is 25.1 Å². The summed E-state index contributed by atoms with van der Waals surface area (Å²) in [5.74, 6) is -0.639. The number of aromatic nitrogens is 2. The van der Waals surface area contributed by atoms with E-state index in [0.29, 0.717) is 11.4 Å². The van der Waals surface area contributed by atoms with Gasteiger partial charge in [-0.15, -0.1) is 0 Å². The number of aromatic hydroxyl groups is 1. The van der Waals surface area contributed by atoms with Gasteiger partial charge in [0.2, 0.25) is 5.95 Å². The van der Waals surface area contributed by atoms with Crippen LogP contribution in [0.4, 0.5) is 11.6 Å². The number of nitrogens with two attached hydrogens (primary N) is 2. The molecule has 0 bridgehead atoms. The molecule has 1 amide bonds. The summed E-state index contributed by atoms with van der Waals surface area (Å²) < 4.78 is 26.3. The fraction of sp³-hybridized carbons (Fsp3) is 0.0556. The quantitative estimate of drug-likeness (QED) is 0.483. The minimum atomic E-state index is -3.68. The van der Waals surface area contributed by atoms with Crippen molar-refractivity contribution in [2.45, 2.75) is 11.8 Å². The lowest BCUT2D eigenvalue weighted by Crippen LogP contribution is -2.15. The van der Waals surface area contributed by atoms with Crippen LogP contribution in [0.5, 0.6) is 5.75 Å². The highest BCUT2D eigenvalue weighted by Crippen LogP contribution is 2.15. The van der Waals surface area contributed by atoms with Crippen molar-refractivity contribution < 1.29 is 18.3 Å². The summed E-state index contributed by atoms with van der Waals surface area (Å²) in [6, 6.07) is 13.7. The maximum atomic E-state index is 12.0. The topological polar surface area (TPSA) is 161 Å². The van der Waals surface area contributed by atoms with Crippen LogP contribution in [-0.2, 0) is 10.0 Å². The molecule has 3 rings (SSSR count). The van der Waals surface area contributed by atoms with E-state index < -0.39 is 15.9 Å². The van der Waals surface area contributed by atoms with Crippen molar-refractivity contribution in [3.63, 3.8) is 0 Å². The Kier molecular flexibility index (Phi) is 6.51. The van der Waals surface area contributed by atoms with E-state index in [4.69, 9.17) is 16.6 Å². The molecule has 0 saturated heterocycles. The van der Waals surface area contributed by atoms with Crippen LogP contribution in [-0.4, -0.2) is 29.4 Å². The first kappa shape index (κ1) is 20.6. The molecular weight excluding hydrogens is 382 g/mol. The highest BCUT2D eigenvalue weighted by atomic mass is 32.2. The van der Waals surface area contributed by atoms with Crippen LogP contribution in [0.1, 0.15) is 16.1 Å². The van der Waals surface area contributed by atoms with Gasteiger partial charge in [-0.3, -0.25) is 4.79 Å². The van der Waals surface area contributed by atoms with Gasteiger partial charge in [0, 0.05) is 17.6 Å². The summed E-state index contributed by atoms with van der Waals surface area (Å²) in [4.78, 5) is 18.4. The van der Waals surface area contributed by atoms with Crippen molar-refractivity contribution in [3.8, 4) is 5.75 Å². The zero-order chi connectivity index (χ0) is 20.7. The van der Waals surface area contributed by atoms with Crippen LogP contribution in [0, 0.1) is 6.92 Å². The Bertz CT molecular complexity index is 1070. The molecule has 0 aliphatic carbocycles. The molecule has 0 fully saturated rings. The number of para-hydroxylation sites is 1. The standard InChI is InChI=1S/C11H12N4O2S.C7H7NO2/c1-8-6-7-13-11(14-8)15-18(16,17)10-4-2-9(12)3-5-10;8-7(10)5-3-1-2-4-6(5)9/h2-7H,12H2,1H3,(H,13,14,15);1-4,9H,(H2,8,10). The highest BCUT2D eigenvalue weighted by molar-refractivity contribution is 7.92. The third kappa shape index (κ3) is 5.68. The molecule has 9 nitrogen and oxygen atoms in total. The van der Waals surface area contributed by atoms with Crippen molar-refractivity contribution in [1.82, 2.24) is 9.97 Å². The normalized spacial score (nSPS) is 10.5. The molecule has 1 heterocycles. The summed E-state index contributed by atoms with van der Waals surface area (Å²) in [6.07, 6.45) is 1.49. The lowest BCUT2D eigenvalue weighted by Gasteiger charge is -2.06. The molecule has 0 atom stereocenters. The van der Waals surface area contributed by atoms with Crippen molar-refractivity contribution >= 4 is 27.6 Å². The van der Waals surface area contributed by atoms with E-state index in [1.165, 1.54) is 42.6 Å². The fourth-order valence-corrected chi connectivity index (χ4v) is 2.96. The first-order chi connectivity index (χ1) is 13.2. The minimum absolute atomic E-state index is 0.0480. The number of hydrogen-bond acceptors (Lipinski definition) is 7. The van der Waals surface area contributed by atoms with E-state index in [0.717, 1.165) is 0 Å². The van der Waals surface area contributed by atoms with Gasteiger partial charge in [0.05, 0.1) is 10.5 Å². The van der Waals surface area contributed by atoms with E-state index in [2.05, 4.69) is 14.7 Å². The van der Waals surface area contributed by atoms with Crippen LogP contribution >= 0.6 is 0 Å². The fourth-order valence-electron chi connectivity index (χ4n) is 2.01. The summed E-state index contributed by atoms with van der Waals surface area (Å²) in [5.41, 5.74) is 11.8. The van der Waals surface area contributed by atoms with Crippen LogP contribution < -0.4 is 16.2 Å². The molecule has 146 valence electrons. The number of primary amides is 1. The summed E-state index contributed by atoms with van der Waals surface area (Å²) >= 11 is 0. The van der Waals surface area contributed by atoms with Gasteiger partial charge >= 0.3 is 0 Å². The van der Waals surface area contributed by atoms with Gasteiger partial charge in [-0.25, -0.2) is 23.1 Å². The first-order valence-corrected chi connectivity index (χ1v) is 9.43. The third-order valence-corrected chi connectivity index (χ3v) is 4.72. The van der Waals surface area contributed by atoms with Crippen LogP contribution in [0.2, 0.25) is 0 Å². The number of carbonyl (C=O) groups is 1. The maximum Gasteiger partial charge on any atom is 0.264 e.